The summed E-state index contributed by atoms with van der Waals surface area (Å²) in [5.74, 6) is -1.29. The molecule has 0 spiro atoms. The Labute approximate surface area is 118 Å². The Morgan fingerprint density at radius 1 is 1.05 bits per heavy atom. The number of nitrogens with two attached hydrogens (primary N) is 1. The van der Waals surface area contributed by atoms with E-state index < -0.39 is 11.5 Å². The van der Waals surface area contributed by atoms with Gasteiger partial charge >= 0.3 is 5.97 Å². The van der Waals surface area contributed by atoms with Gasteiger partial charge in [-0.1, -0.05) is 25.7 Å². The zero-order chi connectivity index (χ0) is 14.6. The summed E-state index contributed by atoms with van der Waals surface area (Å²) in [6, 6.07) is 6.48. The molecule has 0 bridgehead atoms. The number of carboxylic acid groups (broad SMARTS) is 1. The first-order valence-electron chi connectivity index (χ1n) is 6.95. The lowest BCUT2D eigenvalue weighted by Gasteiger charge is -2.29. The number of rotatable bonds is 3. The first kappa shape index (κ1) is 14.4. The molecule has 0 heterocycles. The Kier molecular flexibility index (Phi) is 4.27. The number of nitrogen functional groups attached to an aromatic ring is 1. The smallest absolute Gasteiger partial charge is 0.329 e. The van der Waals surface area contributed by atoms with E-state index >= 15 is 0 Å². The number of aliphatic carboxylic acids is 1. The molecule has 1 amide bonds. The van der Waals surface area contributed by atoms with Crippen molar-refractivity contribution in [2.75, 3.05) is 5.73 Å². The number of hydrogen-bond acceptors (Lipinski definition) is 3. The van der Waals surface area contributed by atoms with Crippen molar-refractivity contribution in [2.45, 2.75) is 44.1 Å². The molecule has 1 fully saturated rings. The summed E-state index contributed by atoms with van der Waals surface area (Å²) < 4.78 is 0. The summed E-state index contributed by atoms with van der Waals surface area (Å²) in [5.41, 5.74) is 5.46. The number of carboxylic acids is 1. The highest BCUT2D eigenvalue weighted by molar-refractivity contribution is 5.98. The minimum atomic E-state index is -1.13. The van der Waals surface area contributed by atoms with Gasteiger partial charge in [0.25, 0.3) is 5.91 Å². The number of benzene rings is 1. The van der Waals surface area contributed by atoms with Gasteiger partial charge in [0, 0.05) is 11.3 Å². The third-order valence-electron chi connectivity index (χ3n) is 3.89. The minimum absolute atomic E-state index is 0.352. The van der Waals surface area contributed by atoms with Crippen molar-refractivity contribution >= 4 is 17.6 Å². The Morgan fingerprint density at radius 2 is 1.60 bits per heavy atom. The summed E-state index contributed by atoms with van der Waals surface area (Å²) in [6.07, 6.45) is 4.67. The molecule has 1 aromatic carbocycles. The van der Waals surface area contributed by atoms with Crippen LogP contribution in [0.1, 0.15) is 48.9 Å². The van der Waals surface area contributed by atoms with E-state index in [0.717, 1.165) is 25.7 Å². The van der Waals surface area contributed by atoms with Crippen molar-refractivity contribution in [3.05, 3.63) is 29.8 Å². The molecule has 0 aromatic heterocycles. The standard InChI is InChI=1S/C15H20N2O3/c16-12-7-5-11(6-8-12)13(18)17-15(14(19)20)9-3-1-2-4-10-15/h5-8H,1-4,9-10,16H2,(H,17,18)(H,19,20). The van der Waals surface area contributed by atoms with E-state index in [1.165, 1.54) is 0 Å². The van der Waals surface area contributed by atoms with Gasteiger partial charge < -0.3 is 16.2 Å². The molecule has 20 heavy (non-hydrogen) atoms. The van der Waals surface area contributed by atoms with Gasteiger partial charge in [-0.25, -0.2) is 4.79 Å². The molecule has 0 unspecified atom stereocenters. The second kappa shape index (κ2) is 5.94. The average Bonchev–Trinajstić information content (AvgIpc) is 2.66. The van der Waals surface area contributed by atoms with Crippen LogP contribution in [0.2, 0.25) is 0 Å². The lowest BCUT2D eigenvalue weighted by Crippen LogP contribution is -2.54. The van der Waals surface area contributed by atoms with E-state index in [9.17, 15) is 14.7 Å². The molecule has 1 aliphatic carbocycles. The highest BCUT2D eigenvalue weighted by atomic mass is 16.4. The quantitative estimate of drug-likeness (QED) is 0.582. The minimum Gasteiger partial charge on any atom is -0.480 e. The number of amides is 1. The number of nitrogens with one attached hydrogen (secondary N) is 1. The lowest BCUT2D eigenvalue weighted by atomic mass is 9.90. The molecule has 5 nitrogen and oxygen atoms in total. The van der Waals surface area contributed by atoms with Crippen molar-refractivity contribution < 1.29 is 14.7 Å². The van der Waals surface area contributed by atoms with Gasteiger partial charge in [-0.3, -0.25) is 4.79 Å². The third-order valence-corrected chi connectivity index (χ3v) is 3.89. The first-order valence-corrected chi connectivity index (χ1v) is 6.95. The van der Waals surface area contributed by atoms with Gasteiger partial charge in [0.1, 0.15) is 5.54 Å². The summed E-state index contributed by atoms with van der Waals surface area (Å²) in [4.78, 5) is 23.8. The van der Waals surface area contributed by atoms with Crippen molar-refractivity contribution in [3.63, 3.8) is 0 Å². The Bertz CT molecular complexity index is 488. The fourth-order valence-electron chi connectivity index (χ4n) is 2.65. The second-order valence-corrected chi connectivity index (χ2v) is 5.38. The van der Waals surface area contributed by atoms with Crippen LogP contribution in [0.25, 0.3) is 0 Å². The second-order valence-electron chi connectivity index (χ2n) is 5.38. The maximum Gasteiger partial charge on any atom is 0.329 e. The van der Waals surface area contributed by atoms with Crippen molar-refractivity contribution in [1.29, 1.82) is 0 Å². The first-order chi connectivity index (χ1) is 9.53. The monoisotopic (exact) mass is 276 g/mol. The van der Waals surface area contributed by atoms with Crippen LogP contribution in [0, 0.1) is 0 Å². The van der Waals surface area contributed by atoms with Gasteiger partial charge in [0.05, 0.1) is 0 Å². The van der Waals surface area contributed by atoms with Crippen LogP contribution in [0.3, 0.4) is 0 Å². The van der Waals surface area contributed by atoms with Gasteiger partial charge in [0.2, 0.25) is 0 Å². The van der Waals surface area contributed by atoms with Crippen LogP contribution >= 0.6 is 0 Å². The van der Waals surface area contributed by atoms with Crippen LogP contribution < -0.4 is 11.1 Å². The van der Waals surface area contributed by atoms with E-state index in [1.54, 1.807) is 24.3 Å². The molecule has 0 aliphatic heterocycles. The summed E-state index contributed by atoms with van der Waals surface area (Å²) in [7, 11) is 0. The Morgan fingerprint density at radius 3 is 2.10 bits per heavy atom. The highest BCUT2D eigenvalue weighted by Gasteiger charge is 2.40. The number of carbonyl (C=O) groups is 2. The van der Waals surface area contributed by atoms with Crippen LogP contribution in [0.15, 0.2) is 24.3 Å². The van der Waals surface area contributed by atoms with Crippen LogP contribution in [0.4, 0.5) is 5.69 Å². The SMILES string of the molecule is Nc1ccc(C(=O)NC2(C(=O)O)CCCCCC2)cc1. The fraction of sp³-hybridized carbons (Fsp3) is 0.467. The largest absolute Gasteiger partial charge is 0.480 e. The van der Waals surface area contributed by atoms with E-state index in [1.807, 2.05) is 0 Å². The van der Waals surface area contributed by atoms with Gasteiger partial charge in [-0.05, 0) is 37.1 Å². The van der Waals surface area contributed by atoms with Crippen LogP contribution in [-0.2, 0) is 4.79 Å². The van der Waals surface area contributed by atoms with E-state index in [4.69, 9.17) is 5.73 Å². The Hall–Kier alpha value is -2.04. The molecule has 0 atom stereocenters. The van der Waals surface area contributed by atoms with E-state index in [2.05, 4.69) is 5.32 Å². The Balaban J connectivity index is 2.17. The summed E-state index contributed by atoms with van der Waals surface area (Å²) >= 11 is 0. The fourth-order valence-corrected chi connectivity index (χ4v) is 2.65. The van der Waals surface area contributed by atoms with Crippen molar-refractivity contribution in [1.82, 2.24) is 5.32 Å². The topological polar surface area (TPSA) is 92.4 Å². The maximum atomic E-state index is 12.2. The van der Waals surface area contributed by atoms with Gasteiger partial charge in [-0.2, -0.15) is 0 Å². The third kappa shape index (κ3) is 3.10. The molecule has 0 saturated heterocycles. The lowest BCUT2D eigenvalue weighted by molar-refractivity contribution is -0.145. The number of anilines is 1. The molecule has 2 rings (SSSR count). The zero-order valence-electron chi connectivity index (χ0n) is 11.4. The number of carbonyl (C=O) groups excluding carboxylic acids is 1. The van der Waals surface area contributed by atoms with Crippen LogP contribution in [-0.4, -0.2) is 22.5 Å². The summed E-state index contributed by atoms with van der Waals surface area (Å²) in [6.45, 7) is 0. The predicted octanol–water partition coefficient (Wildman–Crippen LogP) is 2.18. The molecule has 5 heteroatoms. The maximum absolute atomic E-state index is 12.2. The molecule has 1 aliphatic rings. The average molecular weight is 276 g/mol. The normalized spacial score (nSPS) is 18.0. The van der Waals surface area contributed by atoms with Gasteiger partial charge in [-0.15, -0.1) is 0 Å². The van der Waals surface area contributed by atoms with Crippen LogP contribution in [0.5, 0.6) is 0 Å². The molecular formula is C15H20N2O3. The number of hydrogen-bond donors (Lipinski definition) is 3. The predicted molar refractivity (Wildman–Crippen MR) is 76.4 cm³/mol. The van der Waals surface area contributed by atoms with Crippen molar-refractivity contribution in [3.8, 4) is 0 Å². The van der Waals surface area contributed by atoms with E-state index in [-0.39, 0.29) is 5.91 Å². The molecule has 108 valence electrons. The zero-order valence-corrected chi connectivity index (χ0v) is 11.4. The van der Waals surface area contributed by atoms with Crippen molar-refractivity contribution in [2.24, 2.45) is 0 Å². The highest BCUT2D eigenvalue weighted by Crippen LogP contribution is 2.28. The molecule has 1 aromatic rings. The molecule has 0 radical (unpaired) electrons. The molecule has 4 N–H and O–H groups in total. The van der Waals surface area contributed by atoms with E-state index in [0.29, 0.717) is 24.1 Å². The molecular weight excluding hydrogens is 256 g/mol. The summed E-state index contributed by atoms with van der Waals surface area (Å²) in [5, 5.41) is 12.2. The van der Waals surface area contributed by atoms with Gasteiger partial charge in [0.15, 0.2) is 0 Å². The molecule has 1 saturated carbocycles.